The maximum Gasteiger partial charge on any atom is 0.225 e. The summed E-state index contributed by atoms with van der Waals surface area (Å²) in [6.07, 6.45) is 5.03. The molecule has 0 aromatic carbocycles. The zero-order valence-corrected chi connectivity index (χ0v) is 13.6. The zero-order chi connectivity index (χ0) is 17.3. The Hall–Kier alpha value is -3.23. The van der Waals surface area contributed by atoms with E-state index in [1.165, 1.54) is 0 Å². The molecule has 3 aromatic heterocycles. The van der Waals surface area contributed by atoms with Gasteiger partial charge in [-0.1, -0.05) is 0 Å². The van der Waals surface area contributed by atoms with Crippen molar-refractivity contribution < 1.29 is 9.53 Å². The molecule has 9 heteroatoms. The second-order valence-electron chi connectivity index (χ2n) is 5.30. The highest BCUT2D eigenvalue weighted by molar-refractivity contribution is 5.76. The molecular weight excluding hydrogens is 310 g/mol. The summed E-state index contributed by atoms with van der Waals surface area (Å²) in [5.41, 5.74) is 7.51. The Morgan fingerprint density at radius 1 is 1.38 bits per heavy atom. The van der Waals surface area contributed by atoms with Crippen molar-refractivity contribution >= 4 is 5.91 Å². The summed E-state index contributed by atoms with van der Waals surface area (Å²) in [4.78, 5) is 19.9. The van der Waals surface area contributed by atoms with Gasteiger partial charge in [0.05, 0.1) is 37.7 Å². The molecule has 0 saturated heterocycles. The molecule has 0 saturated carbocycles. The monoisotopic (exact) mass is 327 g/mol. The second-order valence-corrected chi connectivity index (χ2v) is 5.30. The van der Waals surface area contributed by atoms with Crippen LogP contribution < -0.4 is 10.5 Å². The van der Waals surface area contributed by atoms with Crippen LogP contribution in [0.2, 0.25) is 0 Å². The number of aromatic nitrogens is 6. The lowest BCUT2D eigenvalue weighted by atomic mass is 10.2. The zero-order valence-electron chi connectivity index (χ0n) is 13.6. The highest BCUT2D eigenvalue weighted by Crippen LogP contribution is 2.30. The average molecular weight is 327 g/mol. The molecule has 0 radical (unpaired) electrons. The molecule has 0 atom stereocenters. The summed E-state index contributed by atoms with van der Waals surface area (Å²) >= 11 is 0. The predicted molar refractivity (Wildman–Crippen MR) is 85.5 cm³/mol. The van der Waals surface area contributed by atoms with Crippen molar-refractivity contribution in [3.63, 3.8) is 0 Å². The maximum atomic E-state index is 11.2. The Bertz CT molecular complexity index is 897. The molecule has 124 valence electrons. The lowest BCUT2D eigenvalue weighted by molar-refractivity contribution is -0.117. The van der Waals surface area contributed by atoms with Crippen molar-refractivity contribution in [1.82, 2.24) is 29.5 Å². The van der Waals surface area contributed by atoms with E-state index >= 15 is 0 Å². The van der Waals surface area contributed by atoms with Gasteiger partial charge in [-0.2, -0.15) is 10.2 Å². The quantitative estimate of drug-likeness (QED) is 0.726. The molecule has 3 heterocycles. The molecule has 3 rings (SSSR count). The third-order valence-electron chi connectivity index (χ3n) is 3.38. The molecule has 24 heavy (non-hydrogen) atoms. The third-order valence-corrected chi connectivity index (χ3v) is 3.38. The maximum absolute atomic E-state index is 11.2. The minimum atomic E-state index is -0.497. The first-order valence-electron chi connectivity index (χ1n) is 7.22. The molecule has 0 fully saturated rings. The number of carbonyl (C=O) groups is 1. The SMILES string of the molecule is COc1cnc(C)cc1-c1nc(CC(N)=O)nn1-c1cnn(C)c1. The van der Waals surface area contributed by atoms with Gasteiger partial charge in [0.2, 0.25) is 5.91 Å². The highest BCUT2D eigenvalue weighted by Gasteiger charge is 2.19. The van der Waals surface area contributed by atoms with Gasteiger partial charge < -0.3 is 10.5 Å². The van der Waals surface area contributed by atoms with Crippen LogP contribution in [0, 0.1) is 6.92 Å². The molecule has 0 aliphatic heterocycles. The largest absolute Gasteiger partial charge is 0.494 e. The lowest BCUT2D eigenvalue weighted by Gasteiger charge is -2.09. The molecule has 0 unspecified atom stereocenters. The summed E-state index contributed by atoms with van der Waals surface area (Å²) in [5.74, 6) is 0.922. The minimum Gasteiger partial charge on any atom is -0.494 e. The number of carbonyl (C=O) groups excluding carboxylic acids is 1. The van der Waals surface area contributed by atoms with Crippen molar-refractivity contribution in [2.75, 3.05) is 7.11 Å². The number of nitrogens with zero attached hydrogens (tertiary/aromatic N) is 6. The number of methoxy groups -OCH3 is 1. The Morgan fingerprint density at radius 3 is 2.79 bits per heavy atom. The number of primary amides is 1. The number of hydrogen-bond donors (Lipinski definition) is 1. The molecule has 9 nitrogen and oxygen atoms in total. The number of amides is 1. The topological polar surface area (TPSA) is 114 Å². The first-order valence-corrected chi connectivity index (χ1v) is 7.22. The Morgan fingerprint density at radius 2 is 2.17 bits per heavy atom. The van der Waals surface area contributed by atoms with Crippen LogP contribution in [-0.2, 0) is 18.3 Å². The van der Waals surface area contributed by atoms with Crippen LogP contribution in [0.15, 0.2) is 24.7 Å². The molecule has 0 bridgehead atoms. The molecule has 3 aromatic rings. The molecule has 1 amide bonds. The summed E-state index contributed by atoms with van der Waals surface area (Å²) < 4.78 is 8.66. The van der Waals surface area contributed by atoms with Gasteiger partial charge in [0.1, 0.15) is 11.4 Å². The van der Waals surface area contributed by atoms with E-state index < -0.39 is 5.91 Å². The highest BCUT2D eigenvalue weighted by atomic mass is 16.5. The normalized spacial score (nSPS) is 10.8. The van der Waals surface area contributed by atoms with Crippen LogP contribution in [-0.4, -0.2) is 42.5 Å². The van der Waals surface area contributed by atoms with Gasteiger partial charge in [0, 0.05) is 12.7 Å². The molecular formula is C15H17N7O2. The van der Waals surface area contributed by atoms with E-state index in [4.69, 9.17) is 10.5 Å². The van der Waals surface area contributed by atoms with Crippen LogP contribution in [0.3, 0.4) is 0 Å². The number of rotatable bonds is 5. The van der Waals surface area contributed by atoms with E-state index in [2.05, 4.69) is 20.2 Å². The Kier molecular flexibility index (Phi) is 3.98. The van der Waals surface area contributed by atoms with Gasteiger partial charge in [-0.25, -0.2) is 9.67 Å². The van der Waals surface area contributed by atoms with Crippen LogP contribution in [0.1, 0.15) is 11.5 Å². The number of nitrogens with two attached hydrogens (primary N) is 1. The van der Waals surface area contributed by atoms with Crippen molar-refractivity contribution in [3.05, 3.63) is 36.2 Å². The lowest BCUT2D eigenvalue weighted by Crippen LogP contribution is -2.14. The standard InChI is InChI=1S/C15H17N7O2/c1-9-4-11(12(24-3)7-17-9)15-19-14(5-13(16)23)20-22(15)10-6-18-21(2)8-10/h4,6-8H,5H2,1-3H3,(H2,16,23). The van der Waals surface area contributed by atoms with Crippen molar-refractivity contribution in [2.24, 2.45) is 12.8 Å². The van der Waals surface area contributed by atoms with Gasteiger partial charge in [-0.05, 0) is 13.0 Å². The number of hydrogen-bond acceptors (Lipinski definition) is 6. The fraction of sp³-hybridized carbons (Fsp3) is 0.267. The van der Waals surface area contributed by atoms with Gasteiger partial charge in [0.15, 0.2) is 11.6 Å². The van der Waals surface area contributed by atoms with Crippen LogP contribution in [0.25, 0.3) is 17.1 Å². The van der Waals surface area contributed by atoms with E-state index in [0.29, 0.717) is 23.1 Å². The average Bonchev–Trinajstić information content (AvgIpc) is 3.12. The van der Waals surface area contributed by atoms with Gasteiger partial charge >= 0.3 is 0 Å². The summed E-state index contributed by atoms with van der Waals surface area (Å²) in [6, 6.07) is 1.85. The van der Waals surface area contributed by atoms with E-state index in [9.17, 15) is 4.79 Å². The number of aryl methyl sites for hydroxylation is 2. The second kappa shape index (κ2) is 6.11. The van der Waals surface area contributed by atoms with Gasteiger partial charge in [0.25, 0.3) is 0 Å². The third kappa shape index (κ3) is 2.96. The van der Waals surface area contributed by atoms with Crippen LogP contribution >= 0.6 is 0 Å². The van der Waals surface area contributed by atoms with Gasteiger partial charge in [-0.3, -0.25) is 14.5 Å². The fourth-order valence-electron chi connectivity index (χ4n) is 2.34. The van der Waals surface area contributed by atoms with E-state index in [1.54, 1.807) is 35.1 Å². The minimum absolute atomic E-state index is 0.0490. The molecule has 0 aliphatic carbocycles. The number of ether oxygens (including phenoxy) is 1. The van der Waals surface area contributed by atoms with Gasteiger partial charge in [-0.15, -0.1) is 0 Å². The predicted octanol–water partition coefficient (Wildman–Crippen LogP) is 0.408. The fourth-order valence-corrected chi connectivity index (χ4v) is 2.34. The Labute approximate surface area is 138 Å². The summed E-state index contributed by atoms with van der Waals surface area (Å²) in [6.45, 7) is 1.87. The van der Waals surface area contributed by atoms with Crippen LogP contribution in [0.5, 0.6) is 5.75 Å². The van der Waals surface area contributed by atoms with Crippen molar-refractivity contribution in [3.8, 4) is 22.8 Å². The number of pyridine rings is 1. The van der Waals surface area contributed by atoms with Crippen LogP contribution in [0.4, 0.5) is 0 Å². The van der Waals surface area contributed by atoms with Crippen molar-refractivity contribution in [1.29, 1.82) is 0 Å². The molecule has 2 N–H and O–H groups in total. The first-order chi connectivity index (χ1) is 11.5. The Balaban J connectivity index is 2.20. The van der Waals surface area contributed by atoms with E-state index in [1.807, 2.05) is 20.0 Å². The van der Waals surface area contributed by atoms with E-state index in [-0.39, 0.29) is 6.42 Å². The molecule has 0 spiro atoms. The first kappa shape index (κ1) is 15.7. The van der Waals surface area contributed by atoms with Crippen molar-refractivity contribution in [2.45, 2.75) is 13.3 Å². The summed E-state index contributed by atoms with van der Waals surface area (Å²) in [5, 5.41) is 8.54. The smallest absolute Gasteiger partial charge is 0.225 e. The summed E-state index contributed by atoms with van der Waals surface area (Å²) in [7, 11) is 3.37. The van der Waals surface area contributed by atoms with E-state index in [0.717, 1.165) is 11.3 Å². The molecule has 0 aliphatic rings.